The van der Waals surface area contributed by atoms with Crippen molar-refractivity contribution >= 4 is 23.5 Å². The number of carbonyl (C=O) groups is 2. The quantitative estimate of drug-likeness (QED) is 0.880. The standard InChI is InChI=1S/C14H17ClN2O5/c1-3-22-12-10(15)4-8(6-16-12)13(18)17-7-9(21-2)5-11(17)14(19)20/h4,6,9,11H,3,5,7H2,1-2H3,(H,19,20). The van der Waals surface area contributed by atoms with Crippen LogP contribution in [0.5, 0.6) is 5.88 Å². The van der Waals surface area contributed by atoms with Crippen molar-refractivity contribution in [2.24, 2.45) is 0 Å². The van der Waals surface area contributed by atoms with E-state index in [9.17, 15) is 14.7 Å². The molecule has 1 amide bonds. The predicted octanol–water partition coefficient (Wildman–Crippen LogP) is 1.45. The highest BCUT2D eigenvalue weighted by atomic mass is 35.5. The fourth-order valence-corrected chi connectivity index (χ4v) is 2.60. The van der Waals surface area contributed by atoms with Gasteiger partial charge in [0.15, 0.2) is 0 Å². The molecule has 0 saturated carbocycles. The molecule has 0 radical (unpaired) electrons. The fourth-order valence-electron chi connectivity index (χ4n) is 2.38. The van der Waals surface area contributed by atoms with Gasteiger partial charge in [0.2, 0.25) is 5.88 Å². The summed E-state index contributed by atoms with van der Waals surface area (Å²) in [6.45, 7) is 2.42. The van der Waals surface area contributed by atoms with Gasteiger partial charge >= 0.3 is 5.97 Å². The number of likely N-dealkylation sites (tertiary alicyclic amines) is 1. The molecule has 1 fully saturated rings. The number of methoxy groups -OCH3 is 1. The maximum atomic E-state index is 12.5. The third-order valence-corrected chi connectivity index (χ3v) is 3.75. The number of nitrogens with zero attached hydrogens (tertiary/aromatic N) is 2. The van der Waals surface area contributed by atoms with Gasteiger partial charge in [0, 0.05) is 26.3 Å². The summed E-state index contributed by atoms with van der Waals surface area (Å²) in [5.74, 6) is -1.26. The van der Waals surface area contributed by atoms with Crippen LogP contribution in [0.15, 0.2) is 12.3 Å². The number of carboxylic acid groups (broad SMARTS) is 1. The lowest BCUT2D eigenvalue weighted by Crippen LogP contribution is -2.40. The van der Waals surface area contributed by atoms with Crippen LogP contribution in [-0.2, 0) is 9.53 Å². The van der Waals surface area contributed by atoms with Crippen LogP contribution in [0.3, 0.4) is 0 Å². The molecule has 7 nitrogen and oxygen atoms in total. The highest BCUT2D eigenvalue weighted by Crippen LogP contribution is 2.26. The Labute approximate surface area is 132 Å². The van der Waals surface area contributed by atoms with E-state index in [0.717, 1.165) is 0 Å². The first-order chi connectivity index (χ1) is 10.5. The van der Waals surface area contributed by atoms with Crippen LogP contribution in [0.4, 0.5) is 0 Å². The molecule has 0 bridgehead atoms. The summed E-state index contributed by atoms with van der Waals surface area (Å²) in [6, 6.07) is 0.517. The molecule has 22 heavy (non-hydrogen) atoms. The zero-order valence-electron chi connectivity index (χ0n) is 12.3. The highest BCUT2D eigenvalue weighted by Gasteiger charge is 2.40. The monoisotopic (exact) mass is 328 g/mol. The van der Waals surface area contributed by atoms with Crippen molar-refractivity contribution in [2.75, 3.05) is 20.3 Å². The Bertz CT molecular complexity index is 580. The molecule has 1 aliphatic heterocycles. The summed E-state index contributed by atoms with van der Waals surface area (Å²) >= 11 is 6.01. The third kappa shape index (κ3) is 3.31. The second-order valence-corrected chi connectivity index (χ2v) is 5.26. The van der Waals surface area contributed by atoms with Crippen molar-refractivity contribution in [1.29, 1.82) is 0 Å². The van der Waals surface area contributed by atoms with E-state index >= 15 is 0 Å². The minimum absolute atomic E-state index is 0.210. The number of ether oxygens (including phenoxy) is 2. The zero-order chi connectivity index (χ0) is 16.3. The van der Waals surface area contributed by atoms with Crippen molar-refractivity contribution in [2.45, 2.75) is 25.5 Å². The van der Waals surface area contributed by atoms with Crippen molar-refractivity contribution < 1.29 is 24.2 Å². The highest BCUT2D eigenvalue weighted by molar-refractivity contribution is 6.32. The van der Waals surface area contributed by atoms with Crippen LogP contribution < -0.4 is 4.74 Å². The van der Waals surface area contributed by atoms with Gasteiger partial charge in [-0.1, -0.05) is 11.6 Å². The lowest BCUT2D eigenvalue weighted by molar-refractivity contribution is -0.141. The summed E-state index contributed by atoms with van der Waals surface area (Å²) in [4.78, 5) is 29.1. The van der Waals surface area contributed by atoms with Crippen molar-refractivity contribution in [3.8, 4) is 5.88 Å². The first-order valence-corrected chi connectivity index (χ1v) is 7.20. The SMILES string of the molecule is CCOc1ncc(C(=O)N2CC(OC)CC2C(=O)O)cc1Cl. The topological polar surface area (TPSA) is 89.0 Å². The van der Waals surface area contributed by atoms with E-state index in [1.54, 1.807) is 6.92 Å². The molecule has 0 aromatic carbocycles. The molecule has 2 unspecified atom stereocenters. The smallest absolute Gasteiger partial charge is 0.326 e. The van der Waals surface area contributed by atoms with Crippen molar-refractivity contribution in [3.63, 3.8) is 0 Å². The van der Waals surface area contributed by atoms with Gasteiger partial charge in [-0.05, 0) is 13.0 Å². The molecule has 2 heterocycles. The molecule has 1 aliphatic rings. The molecule has 1 saturated heterocycles. The largest absolute Gasteiger partial charge is 0.480 e. The molecule has 0 spiro atoms. The Balaban J connectivity index is 2.23. The Morgan fingerprint density at radius 2 is 2.27 bits per heavy atom. The number of amides is 1. The van der Waals surface area contributed by atoms with Gasteiger partial charge < -0.3 is 19.5 Å². The number of carbonyl (C=O) groups excluding carboxylic acids is 1. The first-order valence-electron chi connectivity index (χ1n) is 6.82. The van der Waals surface area contributed by atoms with Crippen LogP contribution in [0.25, 0.3) is 0 Å². The van der Waals surface area contributed by atoms with Crippen LogP contribution in [0.1, 0.15) is 23.7 Å². The van der Waals surface area contributed by atoms with E-state index < -0.39 is 17.9 Å². The first kappa shape index (κ1) is 16.5. The summed E-state index contributed by atoms with van der Waals surface area (Å²) in [7, 11) is 1.49. The molecule has 0 aliphatic carbocycles. The summed E-state index contributed by atoms with van der Waals surface area (Å²) in [5, 5.41) is 9.46. The number of aromatic nitrogens is 1. The van der Waals surface area contributed by atoms with Gasteiger partial charge in [0.1, 0.15) is 11.1 Å². The number of carboxylic acids is 1. The molecule has 2 rings (SSSR count). The minimum Gasteiger partial charge on any atom is -0.480 e. The van der Waals surface area contributed by atoms with E-state index in [4.69, 9.17) is 21.1 Å². The van der Waals surface area contributed by atoms with Crippen molar-refractivity contribution in [3.05, 3.63) is 22.8 Å². The average molecular weight is 329 g/mol. The molecular formula is C14H17ClN2O5. The van der Waals surface area contributed by atoms with E-state index in [0.29, 0.717) is 6.61 Å². The summed E-state index contributed by atoms with van der Waals surface area (Å²) < 4.78 is 10.4. The predicted molar refractivity (Wildman–Crippen MR) is 78.3 cm³/mol. The summed E-state index contributed by atoms with van der Waals surface area (Å²) in [6.07, 6.45) is 1.30. The molecular weight excluding hydrogens is 312 g/mol. The van der Waals surface area contributed by atoms with Crippen LogP contribution in [0, 0.1) is 0 Å². The minimum atomic E-state index is -1.06. The average Bonchev–Trinajstić information content (AvgIpc) is 2.93. The molecule has 120 valence electrons. The van der Waals surface area contributed by atoms with E-state index in [-0.39, 0.29) is 35.5 Å². The Morgan fingerprint density at radius 3 is 2.82 bits per heavy atom. The number of pyridine rings is 1. The van der Waals surface area contributed by atoms with Gasteiger partial charge in [0.25, 0.3) is 5.91 Å². The normalized spacial score (nSPS) is 21.0. The van der Waals surface area contributed by atoms with Crippen LogP contribution in [-0.4, -0.2) is 59.3 Å². The van der Waals surface area contributed by atoms with Crippen LogP contribution >= 0.6 is 11.6 Å². The van der Waals surface area contributed by atoms with Gasteiger partial charge in [-0.3, -0.25) is 4.79 Å². The lowest BCUT2D eigenvalue weighted by atomic mass is 10.2. The van der Waals surface area contributed by atoms with Gasteiger partial charge in [-0.25, -0.2) is 9.78 Å². The number of aliphatic carboxylic acids is 1. The Morgan fingerprint density at radius 1 is 1.55 bits per heavy atom. The summed E-state index contributed by atoms with van der Waals surface area (Å²) in [5.41, 5.74) is 0.219. The zero-order valence-corrected chi connectivity index (χ0v) is 13.0. The van der Waals surface area contributed by atoms with E-state index in [1.165, 1.54) is 24.3 Å². The number of halogens is 1. The molecule has 8 heteroatoms. The lowest BCUT2D eigenvalue weighted by Gasteiger charge is -2.21. The molecule has 1 N–H and O–H groups in total. The second-order valence-electron chi connectivity index (χ2n) is 4.85. The maximum Gasteiger partial charge on any atom is 0.326 e. The Kier molecular flexibility index (Phi) is 5.20. The number of rotatable bonds is 5. The van der Waals surface area contributed by atoms with Crippen LogP contribution in [0.2, 0.25) is 5.02 Å². The van der Waals surface area contributed by atoms with E-state index in [1.807, 2.05) is 0 Å². The fraction of sp³-hybridized carbons (Fsp3) is 0.500. The van der Waals surface area contributed by atoms with E-state index in [2.05, 4.69) is 4.98 Å². The van der Waals surface area contributed by atoms with Gasteiger partial charge in [0.05, 0.1) is 18.3 Å². The second kappa shape index (κ2) is 6.93. The number of hydrogen-bond acceptors (Lipinski definition) is 5. The van der Waals surface area contributed by atoms with Crippen molar-refractivity contribution in [1.82, 2.24) is 9.88 Å². The molecule has 2 atom stereocenters. The Hall–Kier alpha value is -1.86. The third-order valence-electron chi connectivity index (χ3n) is 3.48. The maximum absolute atomic E-state index is 12.5. The molecule has 1 aromatic heterocycles. The van der Waals surface area contributed by atoms with Gasteiger partial charge in [-0.15, -0.1) is 0 Å². The van der Waals surface area contributed by atoms with Gasteiger partial charge in [-0.2, -0.15) is 0 Å². The molecule has 1 aromatic rings. The number of hydrogen-bond donors (Lipinski definition) is 1.